The van der Waals surface area contributed by atoms with Crippen molar-refractivity contribution in [3.63, 3.8) is 0 Å². The molecular formula is C16H12F3N5O4. The van der Waals surface area contributed by atoms with Crippen LogP contribution >= 0.6 is 0 Å². The predicted molar refractivity (Wildman–Crippen MR) is 88.6 cm³/mol. The number of carbonyl (C=O) groups is 1. The van der Waals surface area contributed by atoms with Crippen LogP contribution in [0.5, 0.6) is 0 Å². The number of benzene rings is 1. The first-order chi connectivity index (χ1) is 13.2. The molecule has 1 aromatic carbocycles. The first kappa shape index (κ1) is 19.1. The van der Waals surface area contributed by atoms with Gasteiger partial charge in [0.1, 0.15) is 18.2 Å². The van der Waals surface area contributed by atoms with Crippen molar-refractivity contribution in [1.29, 1.82) is 0 Å². The highest BCUT2D eigenvalue weighted by molar-refractivity contribution is 6.04. The summed E-state index contributed by atoms with van der Waals surface area (Å²) in [6, 6.07) is 4.51. The first-order valence-electron chi connectivity index (χ1n) is 7.76. The van der Waals surface area contributed by atoms with Crippen LogP contribution in [-0.2, 0) is 12.7 Å². The highest BCUT2D eigenvalue weighted by Gasteiger charge is 2.34. The Morgan fingerprint density at radius 2 is 2.07 bits per heavy atom. The molecule has 0 saturated carbocycles. The molecular weight excluding hydrogens is 383 g/mol. The van der Waals surface area contributed by atoms with E-state index >= 15 is 0 Å². The lowest BCUT2D eigenvalue weighted by molar-refractivity contribution is -0.385. The predicted octanol–water partition coefficient (Wildman–Crippen LogP) is 3.41. The Hall–Kier alpha value is -3.70. The Labute approximate surface area is 154 Å². The molecule has 1 N–H and O–H groups in total. The first-order valence-corrected chi connectivity index (χ1v) is 7.76. The quantitative estimate of drug-likeness (QED) is 0.523. The molecule has 1 amide bonds. The molecule has 0 aliphatic rings. The molecule has 2 aromatic heterocycles. The van der Waals surface area contributed by atoms with Crippen LogP contribution in [0, 0.1) is 17.0 Å². The van der Waals surface area contributed by atoms with Crippen LogP contribution in [-0.4, -0.2) is 25.8 Å². The van der Waals surface area contributed by atoms with E-state index in [4.69, 9.17) is 4.52 Å². The summed E-state index contributed by atoms with van der Waals surface area (Å²) in [5.41, 5.74) is -1.69. The van der Waals surface area contributed by atoms with Gasteiger partial charge < -0.3 is 9.84 Å². The summed E-state index contributed by atoms with van der Waals surface area (Å²) in [4.78, 5) is 22.6. The van der Waals surface area contributed by atoms with Crippen LogP contribution in [0.15, 0.2) is 41.2 Å². The number of carbonyl (C=O) groups excluding carboxylic acids is 1. The van der Waals surface area contributed by atoms with E-state index in [0.29, 0.717) is 0 Å². The van der Waals surface area contributed by atoms with E-state index in [1.54, 1.807) is 0 Å². The van der Waals surface area contributed by atoms with Crippen LogP contribution in [0.1, 0.15) is 27.4 Å². The monoisotopic (exact) mass is 395 g/mol. The average molecular weight is 395 g/mol. The lowest BCUT2D eigenvalue weighted by atomic mass is 10.1. The Morgan fingerprint density at radius 1 is 1.36 bits per heavy atom. The molecule has 3 aromatic rings. The molecule has 9 nitrogen and oxygen atoms in total. The van der Waals surface area contributed by atoms with Crippen molar-refractivity contribution < 1.29 is 27.4 Å². The van der Waals surface area contributed by atoms with Gasteiger partial charge in [0.25, 0.3) is 5.91 Å². The van der Waals surface area contributed by atoms with Crippen LogP contribution in [0.3, 0.4) is 0 Å². The Morgan fingerprint density at radius 3 is 2.71 bits per heavy atom. The lowest BCUT2D eigenvalue weighted by Crippen LogP contribution is -2.19. The number of alkyl halides is 3. The zero-order valence-electron chi connectivity index (χ0n) is 14.2. The molecule has 0 aliphatic carbocycles. The number of nitrogens with zero attached hydrogens (tertiary/aromatic N) is 4. The fourth-order valence-corrected chi connectivity index (χ4v) is 2.47. The van der Waals surface area contributed by atoms with Gasteiger partial charge in [0.2, 0.25) is 0 Å². The average Bonchev–Trinajstić information content (AvgIpc) is 3.22. The summed E-state index contributed by atoms with van der Waals surface area (Å²) in [5.74, 6) is -0.683. The van der Waals surface area contributed by atoms with Crippen molar-refractivity contribution in [3.8, 4) is 0 Å². The number of nitro groups is 1. The second kappa shape index (κ2) is 7.13. The number of hydrogen-bond acceptors (Lipinski definition) is 6. The molecule has 3 rings (SSSR count). The molecule has 0 radical (unpaired) electrons. The van der Waals surface area contributed by atoms with Gasteiger partial charge in [0, 0.05) is 5.56 Å². The number of aryl methyl sites for hydroxylation is 1. The molecule has 0 fully saturated rings. The van der Waals surface area contributed by atoms with Crippen molar-refractivity contribution in [2.45, 2.75) is 19.6 Å². The minimum atomic E-state index is -4.65. The van der Waals surface area contributed by atoms with E-state index < -0.39 is 28.3 Å². The minimum Gasteiger partial charge on any atom is -0.361 e. The third kappa shape index (κ3) is 3.84. The summed E-state index contributed by atoms with van der Waals surface area (Å²) in [6.07, 6.45) is -2.48. The number of halogens is 3. The van der Waals surface area contributed by atoms with Crippen LogP contribution < -0.4 is 5.32 Å². The van der Waals surface area contributed by atoms with E-state index in [9.17, 15) is 28.1 Å². The maximum Gasteiger partial charge on any atom is 0.418 e. The highest BCUT2D eigenvalue weighted by Crippen LogP contribution is 2.34. The van der Waals surface area contributed by atoms with Crippen molar-refractivity contribution >= 4 is 17.3 Å². The largest absolute Gasteiger partial charge is 0.418 e. The van der Waals surface area contributed by atoms with E-state index in [-0.39, 0.29) is 29.2 Å². The Balaban J connectivity index is 1.87. The van der Waals surface area contributed by atoms with Crippen LogP contribution in [0.2, 0.25) is 0 Å². The van der Waals surface area contributed by atoms with Crippen molar-refractivity contribution in [2.75, 3.05) is 5.32 Å². The molecule has 0 unspecified atom stereocenters. The summed E-state index contributed by atoms with van der Waals surface area (Å²) in [7, 11) is 0. The van der Waals surface area contributed by atoms with Gasteiger partial charge in [-0.2, -0.15) is 18.3 Å². The standard InChI is InChI=1S/C16H12F3N5O4/c1-9-11(8-23-7-10(6-20-23)24(26)27)14(22-28-9)15(25)21-13-5-3-2-4-12(13)16(17,18)19/h2-7H,8H2,1H3,(H,21,25). The zero-order valence-corrected chi connectivity index (χ0v) is 14.2. The third-order valence-corrected chi connectivity index (χ3v) is 3.83. The van der Waals surface area contributed by atoms with Crippen molar-refractivity contribution in [1.82, 2.24) is 14.9 Å². The van der Waals surface area contributed by atoms with Gasteiger partial charge in [-0.05, 0) is 19.1 Å². The van der Waals surface area contributed by atoms with Gasteiger partial charge in [0.15, 0.2) is 5.69 Å². The maximum absolute atomic E-state index is 13.1. The van der Waals surface area contributed by atoms with Gasteiger partial charge in [-0.3, -0.25) is 19.6 Å². The summed E-state index contributed by atoms with van der Waals surface area (Å²) >= 11 is 0. The van der Waals surface area contributed by atoms with Gasteiger partial charge in [-0.1, -0.05) is 17.3 Å². The molecule has 0 atom stereocenters. The van der Waals surface area contributed by atoms with Gasteiger partial charge in [-0.25, -0.2) is 0 Å². The number of amides is 1. The third-order valence-electron chi connectivity index (χ3n) is 3.83. The van der Waals surface area contributed by atoms with Crippen molar-refractivity contribution in [3.05, 3.63) is 69.4 Å². The summed E-state index contributed by atoms with van der Waals surface area (Å²) < 4.78 is 45.4. The van der Waals surface area contributed by atoms with Gasteiger partial charge >= 0.3 is 11.9 Å². The molecule has 2 heterocycles. The van der Waals surface area contributed by atoms with E-state index in [1.807, 2.05) is 0 Å². The minimum absolute atomic E-state index is 0.0904. The topological polar surface area (TPSA) is 116 Å². The number of anilines is 1. The summed E-state index contributed by atoms with van der Waals surface area (Å²) in [6.45, 7) is 1.41. The smallest absolute Gasteiger partial charge is 0.361 e. The summed E-state index contributed by atoms with van der Waals surface area (Å²) in [5, 5.41) is 20.3. The van der Waals surface area contributed by atoms with Gasteiger partial charge in [-0.15, -0.1) is 0 Å². The zero-order chi connectivity index (χ0) is 20.5. The second-order valence-electron chi connectivity index (χ2n) is 5.72. The fraction of sp³-hybridized carbons (Fsp3) is 0.188. The Kier molecular flexibility index (Phi) is 4.86. The van der Waals surface area contributed by atoms with Crippen molar-refractivity contribution in [2.24, 2.45) is 0 Å². The number of hydrogen-bond donors (Lipinski definition) is 1. The lowest BCUT2D eigenvalue weighted by Gasteiger charge is -2.13. The number of para-hydroxylation sites is 1. The maximum atomic E-state index is 13.1. The fourth-order valence-electron chi connectivity index (χ4n) is 2.47. The molecule has 12 heteroatoms. The number of aromatic nitrogens is 3. The Bertz CT molecular complexity index is 1040. The van der Waals surface area contributed by atoms with E-state index in [0.717, 1.165) is 24.5 Å². The molecule has 0 aliphatic heterocycles. The number of rotatable bonds is 5. The molecule has 146 valence electrons. The SMILES string of the molecule is Cc1onc(C(=O)Nc2ccccc2C(F)(F)F)c1Cn1cc([N+](=O)[O-])cn1. The second-order valence-corrected chi connectivity index (χ2v) is 5.72. The van der Waals surface area contributed by atoms with Crippen LogP contribution in [0.25, 0.3) is 0 Å². The number of nitrogens with one attached hydrogen (secondary N) is 1. The van der Waals surface area contributed by atoms with E-state index in [1.165, 1.54) is 23.7 Å². The van der Waals surface area contributed by atoms with Gasteiger partial charge in [0.05, 0.1) is 22.7 Å². The normalized spacial score (nSPS) is 11.4. The molecule has 28 heavy (non-hydrogen) atoms. The molecule has 0 bridgehead atoms. The highest BCUT2D eigenvalue weighted by atomic mass is 19.4. The van der Waals surface area contributed by atoms with E-state index in [2.05, 4.69) is 15.6 Å². The molecule has 0 spiro atoms. The molecule has 0 saturated heterocycles. The van der Waals surface area contributed by atoms with Crippen LogP contribution in [0.4, 0.5) is 24.5 Å².